The van der Waals surface area contributed by atoms with Crippen molar-refractivity contribution >= 4 is 152 Å². The number of nitriles is 1. The maximum absolute atomic E-state index is 12.2. The molecule has 5 aliphatic heterocycles. The molecule has 10 aromatic carbocycles. The van der Waals surface area contributed by atoms with E-state index < -0.39 is 85.6 Å². The number of aliphatic hydroxyl groups excluding tert-OH is 3. The molecule has 3 radical (unpaired) electrons. The second-order valence-electron chi connectivity index (χ2n) is 38.1. The normalized spacial score (nSPS) is 29.4. The summed E-state index contributed by atoms with van der Waals surface area (Å²) in [5.41, 5.74) is -2.17. The van der Waals surface area contributed by atoms with Gasteiger partial charge in [-0.1, -0.05) is 350 Å². The fourth-order valence-electron chi connectivity index (χ4n) is 25.2. The molecule has 10 heterocycles. The Bertz CT molecular complexity index is 7060. The Morgan fingerprint density at radius 2 is 0.510 bits per heavy atom. The van der Waals surface area contributed by atoms with Crippen LogP contribution in [0.5, 0.6) is 28.7 Å². The van der Waals surface area contributed by atoms with Gasteiger partial charge in [-0.25, -0.2) is 0 Å². The number of aromatic nitrogens is 5. The van der Waals surface area contributed by atoms with Crippen LogP contribution in [0.3, 0.4) is 0 Å². The molecule has 5 aliphatic carbocycles. The Morgan fingerprint density at radius 3 is 0.728 bits per heavy atom. The van der Waals surface area contributed by atoms with Gasteiger partial charge in [-0.15, -0.1) is 0 Å². The number of aliphatic hydroxyl groups is 8. The molecule has 0 bridgehead atoms. The van der Waals surface area contributed by atoms with Crippen molar-refractivity contribution in [2.24, 2.45) is 29.6 Å². The molecular weight excluding hydrogens is 2300 g/mol. The Kier molecular flexibility index (Phi) is 30.1. The number of benzene rings is 10. The number of rotatable bonds is 14. The molecule has 8 N–H and O–H groups in total. The van der Waals surface area contributed by atoms with Crippen LogP contribution >= 0.6 is 138 Å². The summed E-state index contributed by atoms with van der Waals surface area (Å²) in [6.45, 7) is -0.526. The van der Waals surface area contributed by atoms with Crippen molar-refractivity contribution in [1.82, 2.24) is 24.9 Å². The van der Waals surface area contributed by atoms with Gasteiger partial charge in [0, 0.05) is 159 Å². The maximum Gasteiger partial charge on any atom is 1.00 e. The molecule has 32 heteroatoms. The summed E-state index contributed by atoms with van der Waals surface area (Å²) in [5, 5.41) is 104. The summed E-state index contributed by atoms with van der Waals surface area (Å²) in [5.74, 6) is -1.50. The Hall–Kier alpha value is -9.30. The number of hydrogen-bond acceptors (Lipinski definition) is 20. The topological polar surface area (TPSA) is 313 Å². The number of ether oxygens (including phenoxy) is 5. The third-order valence-electron chi connectivity index (χ3n) is 31.2. The third kappa shape index (κ3) is 16.7. The van der Waals surface area contributed by atoms with Crippen LogP contribution in [-0.4, -0.2) is 100 Å². The first-order valence-electron chi connectivity index (χ1n) is 47.1. The zero-order valence-corrected chi connectivity index (χ0v) is 92.0. The van der Waals surface area contributed by atoms with Gasteiger partial charge in [0.25, 0.3) is 0 Å². The average Bonchev–Trinajstić information content (AvgIpc) is 1.53. The number of fused-ring (bicyclic) bond motifs is 15. The summed E-state index contributed by atoms with van der Waals surface area (Å²) in [6, 6.07) is 99.2. The van der Waals surface area contributed by atoms with E-state index in [1.807, 2.05) is 273 Å². The summed E-state index contributed by atoms with van der Waals surface area (Å²) >= 11 is 48.3. The molecular formula is C115H91BBr5Cl5N6NaO14. The number of carbonyl (C=O) groups is 1. The minimum Gasteiger partial charge on any atom is -1.00 e. The molecule has 10 aliphatic rings. The van der Waals surface area contributed by atoms with E-state index in [1.165, 1.54) is 31.0 Å². The smallest absolute Gasteiger partial charge is 1.00 e. The van der Waals surface area contributed by atoms with Gasteiger partial charge in [-0.3, -0.25) is 24.9 Å². The van der Waals surface area contributed by atoms with Gasteiger partial charge >= 0.3 is 29.6 Å². The minimum atomic E-state index is -1.61. The number of halogens is 10. The van der Waals surface area contributed by atoms with E-state index in [-0.39, 0.29) is 88.8 Å². The number of nitrogens with zero attached hydrogens (tertiary/aromatic N) is 6. The van der Waals surface area contributed by atoms with Crippen LogP contribution < -0.4 is 53.2 Å². The zero-order chi connectivity index (χ0) is 101. The predicted molar refractivity (Wildman–Crippen MR) is 574 cm³/mol. The summed E-state index contributed by atoms with van der Waals surface area (Å²) in [4.78, 5) is 34.4. The van der Waals surface area contributed by atoms with Crippen molar-refractivity contribution in [3.8, 4) is 34.8 Å². The molecule has 0 amide bonds. The van der Waals surface area contributed by atoms with E-state index in [9.17, 15) is 50.9 Å². The maximum atomic E-state index is 12.2. The van der Waals surface area contributed by atoms with Gasteiger partial charge < -0.3 is 70.8 Å². The molecule has 5 saturated carbocycles. The van der Waals surface area contributed by atoms with E-state index in [0.717, 1.165) is 84.3 Å². The molecule has 739 valence electrons. The van der Waals surface area contributed by atoms with E-state index >= 15 is 0 Å². The van der Waals surface area contributed by atoms with Crippen molar-refractivity contribution in [3.63, 3.8) is 0 Å². The molecule has 0 spiro atoms. The fraction of sp³-hybridized carbons (Fsp3) is 0.243. The van der Waals surface area contributed by atoms with Crippen LogP contribution in [-0.2, 0) is 60.8 Å². The first-order valence-corrected chi connectivity index (χ1v) is 53.0. The zero-order valence-electron chi connectivity index (χ0n) is 79.3. The number of aldehydes is 1. The number of pyridine rings is 5. The van der Waals surface area contributed by atoms with Gasteiger partial charge in [0.1, 0.15) is 63.5 Å². The third-order valence-corrected chi connectivity index (χ3v) is 34.9. The molecule has 0 saturated heterocycles. The van der Waals surface area contributed by atoms with Gasteiger partial charge in [-0.2, -0.15) is 5.26 Å². The van der Waals surface area contributed by atoms with Crippen LogP contribution in [0, 0.1) is 40.9 Å². The van der Waals surface area contributed by atoms with Gasteiger partial charge in [-0.05, 0) is 148 Å². The molecule has 1 unspecified atom stereocenters. The van der Waals surface area contributed by atoms with E-state index in [1.54, 1.807) is 30.3 Å². The van der Waals surface area contributed by atoms with Crippen molar-refractivity contribution in [2.75, 3.05) is 19.8 Å². The second kappa shape index (κ2) is 41.7. The molecule has 15 aromatic rings. The molecule has 25 rings (SSSR count). The average molecular weight is 2390 g/mol. The molecule has 147 heavy (non-hydrogen) atoms. The van der Waals surface area contributed by atoms with E-state index in [0.29, 0.717) is 114 Å². The summed E-state index contributed by atoms with van der Waals surface area (Å²) < 4.78 is 37.6. The van der Waals surface area contributed by atoms with Crippen molar-refractivity contribution in [2.45, 2.75) is 118 Å². The minimum absolute atomic E-state index is 0. The van der Waals surface area contributed by atoms with Crippen molar-refractivity contribution in [1.29, 1.82) is 5.26 Å². The van der Waals surface area contributed by atoms with Crippen molar-refractivity contribution in [3.05, 3.63) is 466 Å². The van der Waals surface area contributed by atoms with E-state index in [4.69, 9.17) is 81.7 Å². The summed E-state index contributed by atoms with van der Waals surface area (Å²) in [7, 11) is 0. The Balaban J connectivity index is 0.000000120. The van der Waals surface area contributed by atoms with Crippen LogP contribution in [0.1, 0.15) is 147 Å². The molecule has 5 aromatic heterocycles. The standard InChI is InChI=1S/C23H16BrClN2O2.3C23H19BrClNO3.C23H17BrClNO3.B.Na.H/c24-17-8-6-15(7-9-17)23-19(14-4-2-1-3-5-14)10-16(12-26)22(23,28)21-20(29-23)11-18(25)13-27-21;4*24-17-8-6-15(7-9-17)23-19(14-4-2-1-3-5-14)10-16(13-27)22(23,28)21-20(29-23)11-18(25)12-26-21;;;/h1-9,11,13,16,19,28H,10H2;3*1-9,11-12,16,19,27-28H,10,13H2;1-9,11-13,16,19,28H,10H2;;;/q;;;;;;+1;-1/t16-,19-,22+,23-;16-,19+,22-,23+;2*16-,19-,22+,23-;16?,19-,22+,23-;;;/m01000.../s1. The largest absolute Gasteiger partial charge is 1.00 e. The Morgan fingerprint density at radius 1 is 0.313 bits per heavy atom. The van der Waals surface area contributed by atoms with Crippen LogP contribution in [0.4, 0.5) is 0 Å². The fourth-order valence-corrected chi connectivity index (χ4v) is 27.3. The van der Waals surface area contributed by atoms with Crippen LogP contribution in [0.15, 0.2) is 357 Å². The first kappa shape index (κ1) is 106. The summed E-state index contributed by atoms with van der Waals surface area (Å²) in [6.07, 6.45) is 11.0. The molecule has 5 fully saturated rings. The van der Waals surface area contributed by atoms with Crippen LogP contribution in [0.25, 0.3) is 0 Å². The van der Waals surface area contributed by atoms with Crippen molar-refractivity contribution < 1.29 is 100 Å². The SMILES string of the molecule is N#C[C@@H]1C[C@@H](c2ccccc2)[C@]2(c3ccc(Br)cc3)Oc3cc(Cl)cnc3[C@]12O.O=CC1C[C@@H](c2ccccc2)[C@]2(c3ccc(Br)cc3)Oc3cc(Cl)cnc3[C@]12O.OC[C@@H]1C[C@@H](c2ccccc2)[C@]2(c3ccc(Br)cc3)Oc3cc(Cl)cnc3[C@]12O.OC[C@@H]1C[C@@H](c2ccccc2)[C@]2(c3ccc(Br)cc3)Oc3cc(Cl)cnc3[C@]12O.OC[C@H]1C[C@@H](c2ccccc2)[C@]2(c3ccc(Br)cc3)Oc3cc(Cl)cnc3[C@]12O.[B].[H-].[Na+]. The molecule has 20 atom stereocenters. The van der Waals surface area contributed by atoms with Gasteiger partial charge in [0.15, 0.2) is 56.0 Å². The van der Waals surface area contributed by atoms with E-state index in [2.05, 4.69) is 111 Å². The second-order valence-corrected chi connectivity index (χ2v) is 44.9. The number of carbonyl (C=O) groups excluding carboxylic acids is 1. The first-order chi connectivity index (χ1) is 70.0. The quantitative estimate of drug-likeness (QED) is 0.0370. The Labute approximate surface area is 941 Å². The predicted octanol–water partition coefficient (Wildman–Crippen LogP) is 21.3. The monoisotopic (exact) mass is 2380 g/mol. The molecule has 20 nitrogen and oxygen atoms in total. The van der Waals surface area contributed by atoms with Gasteiger partial charge in [0.05, 0.1) is 43.0 Å². The van der Waals surface area contributed by atoms with Crippen LogP contribution in [0.2, 0.25) is 25.1 Å². The van der Waals surface area contributed by atoms with Gasteiger partial charge in [0.2, 0.25) is 0 Å². The number of hydrogen-bond donors (Lipinski definition) is 8.